The predicted molar refractivity (Wildman–Crippen MR) is 198 cm³/mol. The number of nitrogens with zero attached hydrogens (tertiary/aromatic N) is 6. The summed E-state index contributed by atoms with van der Waals surface area (Å²) in [6.07, 6.45) is 7.41. The SMILES string of the molecule is CCN(NC(=O)OC)C(=O)N1CCC[C@H]1c1ncc(-c2ccc(-c3ccc(-c4cnc([C@@H]5CCCN5C(=O)[C@@H](N=COOC)C(C)C)[nH]4)cc3)cc2)[nH]1. The number of aromatic amines is 2. The lowest BCUT2D eigenvalue weighted by Gasteiger charge is -2.30. The van der Waals surface area contributed by atoms with Crippen LogP contribution >= 0.6 is 0 Å². The summed E-state index contributed by atoms with van der Waals surface area (Å²) >= 11 is 0. The van der Waals surface area contributed by atoms with Crippen molar-refractivity contribution in [3.05, 3.63) is 72.6 Å². The monoisotopic (exact) mass is 725 g/mol. The van der Waals surface area contributed by atoms with Crippen molar-refractivity contribution >= 4 is 24.4 Å². The number of ether oxygens (including phenoxy) is 1. The van der Waals surface area contributed by atoms with Crippen molar-refractivity contribution in [1.29, 1.82) is 0 Å². The zero-order valence-corrected chi connectivity index (χ0v) is 30.7. The summed E-state index contributed by atoms with van der Waals surface area (Å²) in [7, 11) is 2.65. The maximum absolute atomic E-state index is 13.5. The Balaban J connectivity index is 1.10. The second-order valence-electron chi connectivity index (χ2n) is 13.4. The number of methoxy groups -OCH3 is 1. The first-order chi connectivity index (χ1) is 25.7. The minimum absolute atomic E-state index is 0.00961. The number of amides is 4. The molecule has 3 N–H and O–H groups in total. The van der Waals surface area contributed by atoms with Gasteiger partial charge < -0.3 is 29.4 Å². The molecule has 15 heteroatoms. The molecule has 2 aliphatic heterocycles. The molecule has 3 atom stereocenters. The number of aromatic nitrogens is 4. The van der Waals surface area contributed by atoms with Gasteiger partial charge in [0.15, 0.2) is 0 Å². The minimum Gasteiger partial charge on any atom is -0.452 e. The minimum atomic E-state index is -0.693. The van der Waals surface area contributed by atoms with Gasteiger partial charge in [0.25, 0.3) is 0 Å². The molecule has 2 aromatic carbocycles. The fraction of sp³-hybridized carbons (Fsp3) is 0.421. The standard InChI is InChI=1S/C38H47N9O6/c1-6-47(44-37(49)51-4)38(50)46-20-8-10-32(46)35-40-22-30(43-35)28-17-13-26(14-18-28)25-11-15-27(16-12-25)29-21-39-34(42-29)31-9-7-19-45(31)36(48)33(24(2)3)41-23-53-52-5/h11-18,21-24,31-33H,6-10,19-20H2,1-5H3,(H,39,42)(H,40,43)(H,44,49)/t31-,32-,33-/m0/s1. The molecule has 280 valence electrons. The van der Waals surface area contributed by atoms with Crippen LogP contribution in [0.3, 0.4) is 0 Å². The zero-order valence-electron chi connectivity index (χ0n) is 30.7. The molecule has 0 aliphatic carbocycles. The first-order valence-corrected chi connectivity index (χ1v) is 18.0. The number of nitrogens with one attached hydrogen (secondary N) is 3. The Bertz CT molecular complexity index is 1890. The molecule has 15 nitrogen and oxygen atoms in total. The van der Waals surface area contributed by atoms with Gasteiger partial charge in [-0.3, -0.25) is 4.79 Å². The average Bonchev–Trinajstić information content (AvgIpc) is 4.02. The number of hydrogen-bond donors (Lipinski definition) is 3. The molecule has 53 heavy (non-hydrogen) atoms. The van der Waals surface area contributed by atoms with Crippen LogP contribution in [0.5, 0.6) is 0 Å². The van der Waals surface area contributed by atoms with Gasteiger partial charge in [-0.1, -0.05) is 62.4 Å². The molecule has 2 fully saturated rings. The van der Waals surface area contributed by atoms with Crippen LogP contribution in [0.25, 0.3) is 33.6 Å². The normalized spacial score (nSPS) is 17.8. The van der Waals surface area contributed by atoms with Crippen LogP contribution in [-0.4, -0.2) is 99.1 Å². The number of hydrogen-bond acceptors (Lipinski definition) is 9. The Morgan fingerprint density at radius 1 is 0.868 bits per heavy atom. The number of carbonyl (C=O) groups is 3. The topological polar surface area (TPSA) is 170 Å². The molecular formula is C38H47N9O6. The van der Waals surface area contributed by atoms with E-state index in [1.165, 1.54) is 25.6 Å². The maximum atomic E-state index is 13.5. The molecule has 0 bridgehead atoms. The van der Waals surface area contributed by atoms with E-state index in [2.05, 4.69) is 76.4 Å². The second kappa shape index (κ2) is 16.8. The summed E-state index contributed by atoms with van der Waals surface area (Å²) in [6, 6.07) is 15.3. The van der Waals surface area contributed by atoms with Crippen LogP contribution in [0, 0.1) is 5.92 Å². The Hall–Kier alpha value is -5.70. The number of carbonyl (C=O) groups excluding carboxylic acids is 3. The van der Waals surface area contributed by atoms with Gasteiger partial charge >= 0.3 is 12.1 Å². The molecule has 2 saturated heterocycles. The first kappa shape index (κ1) is 37.1. The molecular weight excluding hydrogens is 678 g/mol. The zero-order chi connectivity index (χ0) is 37.5. The lowest BCUT2D eigenvalue weighted by Crippen LogP contribution is -2.51. The average molecular weight is 726 g/mol. The summed E-state index contributed by atoms with van der Waals surface area (Å²) in [4.78, 5) is 72.0. The van der Waals surface area contributed by atoms with Crippen molar-refractivity contribution in [2.45, 2.75) is 64.6 Å². The number of imidazole rings is 2. The van der Waals surface area contributed by atoms with E-state index in [-0.39, 0.29) is 29.9 Å². The molecule has 0 radical (unpaired) electrons. The van der Waals surface area contributed by atoms with Gasteiger partial charge in [0.2, 0.25) is 12.3 Å². The van der Waals surface area contributed by atoms with E-state index in [1.54, 1.807) is 18.0 Å². The van der Waals surface area contributed by atoms with Gasteiger partial charge in [0.1, 0.15) is 17.7 Å². The van der Waals surface area contributed by atoms with Crippen LogP contribution in [0.15, 0.2) is 65.9 Å². The molecule has 2 aliphatic rings. The molecule has 4 amide bonds. The van der Waals surface area contributed by atoms with Gasteiger partial charge in [-0.15, -0.1) is 0 Å². The fourth-order valence-electron chi connectivity index (χ4n) is 6.98. The highest BCUT2D eigenvalue weighted by Gasteiger charge is 2.37. The van der Waals surface area contributed by atoms with E-state index in [9.17, 15) is 14.4 Å². The predicted octanol–water partition coefficient (Wildman–Crippen LogP) is 6.28. The largest absolute Gasteiger partial charge is 0.452 e. The van der Waals surface area contributed by atoms with Gasteiger partial charge in [-0.2, -0.15) is 4.89 Å². The second-order valence-corrected chi connectivity index (χ2v) is 13.4. The summed E-state index contributed by atoms with van der Waals surface area (Å²) in [5.74, 6) is 1.40. The van der Waals surface area contributed by atoms with E-state index < -0.39 is 12.1 Å². The van der Waals surface area contributed by atoms with E-state index >= 15 is 0 Å². The number of urea groups is 1. The van der Waals surface area contributed by atoms with Crippen molar-refractivity contribution in [2.75, 3.05) is 33.9 Å². The van der Waals surface area contributed by atoms with E-state index in [4.69, 9.17) is 4.89 Å². The molecule has 2 aromatic heterocycles. The van der Waals surface area contributed by atoms with Crippen LogP contribution in [-0.2, 0) is 19.3 Å². The van der Waals surface area contributed by atoms with Crippen molar-refractivity contribution in [2.24, 2.45) is 10.9 Å². The Morgan fingerprint density at radius 2 is 1.38 bits per heavy atom. The summed E-state index contributed by atoms with van der Waals surface area (Å²) in [5.41, 5.74) is 8.31. The molecule has 0 spiro atoms. The number of H-pyrrole nitrogens is 2. The van der Waals surface area contributed by atoms with Crippen LogP contribution < -0.4 is 5.43 Å². The lowest BCUT2D eigenvalue weighted by molar-refractivity contribution is -0.188. The Labute approximate surface area is 308 Å². The molecule has 4 heterocycles. The highest BCUT2D eigenvalue weighted by atomic mass is 17.2. The van der Waals surface area contributed by atoms with Crippen molar-refractivity contribution in [3.8, 4) is 33.6 Å². The number of likely N-dealkylation sites (tertiary alicyclic amines) is 2. The van der Waals surface area contributed by atoms with Crippen molar-refractivity contribution in [3.63, 3.8) is 0 Å². The van der Waals surface area contributed by atoms with E-state index in [0.29, 0.717) is 25.5 Å². The van der Waals surface area contributed by atoms with Crippen LogP contribution in [0.2, 0.25) is 0 Å². The van der Waals surface area contributed by atoms with Crippen LogP contribution in [0.1, 0.15) is 70.2 Å². The van der Waals surface area contributed by atoms with Crippen molar-refractivity contribution in [1.82, 2.24) is 40.2 Å². The van der Waals surface area contributed by atoms with Crippen molar-refractivity contribution < 1.29 is 28.9 Å². The quantitative estimate of drug-likeness (QED) is 0.0702. The first-order valence-electron chi connectivity index (χ1n) is 18.0. The van der Waals surface area contributed by atoms with E-state index in [0.717, 1.165) is 65.1 Å². The van der Waals surface area contributed by atoms with Gasteiger partial charge in [0.05, 0.1) is 50.1 Å². The summed E-state index contributed by atoms with van der Waals surface area (Å²) in [6.45, 7) is 7.22. The summed E-state index contributed by atoms with van der Waals surface area (Å²) < 4.78 is 4.66. The highest BCUT2D eigenvalue weighted by Crippen LogP contribution is 2.35. The number of rotatable bonds is 11. The van der Waals surface area contributed by atoms with Crippen LogP contribution in [0.4, 0.5) is 9.59 Å². The smallest absolute Gasteiger partial charge is 0.425 e. The molecule has 4 aromatic rings. The number of benzene rings is 2. The maximum Gasteiger partial charge on any atom is 0.425 e. The third-order valence-corrected chi connectivity index (χ3v) is 9.79. The molecule has 0 saturated carbocycles. The molecule has 6 rings (SSSR count). The third kappa shape index (κ3) is 8.19. The fourth-order valence-corrected chi connectivity index (χ4v) is 6.98. The van der Waals surface area contributed by atoms with E-state index in [1.807, 2.05) is 37.1 Å². The Morgan fingerprint density at radius 3 is 1.87 bits per heavy atom. The summed E-state index contributed by atoms with van der Waals surface area (Å²) in [5, 5.41) is 1.25. The third-order valence-electron chi connectivity index (χ3n) is 9.79. The Kier molecular flexibility index (Phi) is 11.7. The van der Waals surface area contributed by atoms with Gasteiger partial charge in [-0.25, -0.2) is 35.0 Å². The lowest BCUT2D eigenvalue weighted by atomic mass is 10.0. The highest BCUT2D eigenvalue weighted by molar-refractivity contribution is 5.84. The van der Waals surface area contributed by atoms with Gasteiger partial charge in [0, 0.05) is 19.6 Å². The number of aliphatic imine (C=N–C) groups is 1. The van der Waals surface area contributed by atoms with Gasteiger partial charge in [-0.05, 0) is 60.8 Å². The number of hydrazine groups is 1. The molecule has 0 unspecified atom stereocenters.